The first-order chi connectivity index (χ1) is 9.51. The van der Waals surface area contributed by atoms with Gasteiger partial charge in [0.05, 0.1) is 0 Å². The summed E-state index contributed by atoms with van der Waals surface area (Å²) in [4.78, 5) is 21.9. The summed E-state index contributed by atoms with van der Waals surface area (Å²) in [6.07, 6.45) is 3.55. The molecule has 4 nitrogen and oxygen atoms in total. The Kier molecular flexibility index (Phi) is 5.72. The third-order valence-electron chi connectivity index (χ3n) is 3.02. The molecule has 0 saturated heterocycles. The van der Waals surface area contributed by atoms with Crippen LogP contribution in [0.5, 0.6) is 0 Å². The molecule has 0 aliphatic rings. The van der Waals surface area contributed by atoms with Gasteiger partial charge < -0.3 is 10.2 Å². The van der Waals surface area contributed by atoms with Gasteiger partial charge in [-0.3, -0.25) is 0 Å². The number of carboxylic acid groups (broad SMARTS) is 2. The lowest BCUT2D eigenvalue weighted by molar-refractivity contribution is -0.133. The van der Waals surface area contributed by atoms with E-state index in [1.165, 1.54) is 6.08 Å². The Labute approximate surface area is 118 Å². The van der Waals surface area contributed by atoms with E-state index in [2.05, 4.69) is 0 Å². The molecule has 0 aliphatic heterocycles. The predicted octanol–water partition coefficient (Wildman–Crippen LogP) is 3.44. The Morgan fingerprint density at radius 2 is 1.75 bits per heavy atom. The number of hydrogen-bond donors (Lipinski definition) is 2. The van der Waals surface area contributed by atoms with Gasteiger partial charge in [0, 0.05) is 11.6 Å². The molecule has 1 aromatic rings. The lowest BCUT2D eigenvalue weighted by Crippen LogP contribution is -2.04. The normalized spacial score (nSPS) is 12.3. The summed E-state index contributed by atoms with van der Waals surface area (Å²) in [5.74, 6) is -1.96. The van der Waals surface area contributed by atoms with Gasteiger partial charge >= 0.3 is 11.9 Å². The van der Waals surface area contributed by atoms with E-state index in [0.29, 0.717) is 24.0 Å². The highest BCUT2D eigenvalue weighted by molar-refractivity contribution is 5.97. The Balaban J connectivity index is 3.43. The molecule has 1 rings (SSSR count). The first-order valence-electron chi connectivity index (χ1n) is 6.46. The molecule has 4 heteroatoms. The van der Waals surface area contributed by atoms with E-state index in [1.54, 1.807) is 19.1 Å². The second-order valence-electron chi connectivity index (χ2n) is 4.23. The second-order valence-corrected chi connectivity index (χ2v) is 4.23. The monoisotopic (exact) mass is 274 g/mol. The highest BCUT2D eigenvalue weighted by Crippen LogP contribution is 2.28. The average Bonchev–Trinajstić information content (AvgIpc) is 2.42. The summed E-state index contributed by atoms with van der Waals surface area (Å²) in [6, 6.07) is 7.21. The zero-order valence-corrected chi connectivity index (χ0v) is 11.6. The molecule has 20 heavy (non-hydrogen) atoms. The van der Waals surface area contributed by atoms with Crippen molar-refractivity contribution in [2.45, 2.75) is 26.7 Å². The van der Waals surface area contributed by atoms with Gasteiger partial charge in [-0.05, 0) is 35.6 Å². The van der Waals surface area contributed by atoms with Crippen molar-refractivity contribution in [2.75, 3.05) is 0 Å². The van der Waals surface area contributed by atoms with Crippen LogP contribution in [0.2, 0.25) is 0 Å². The van der Waals surface area contributed by atoms with Crippen molar-refractivity contribution in [3.63, 3.8) is 0 Å². The molecule has 0 spiro atoms. The molecule has 0 aromatic heterocycles. The number of carboxylic acids is 2. The van der Waals surface area contributed by atoms with Crippen molar-refractivity contribution in [3.05, 3.63) is 47.0 Å². The van der Waals surface area contributed by atoms with E-state index >= 15 is 0 Å². The Hall–Kier alpha value is -2.36. The van der Waals surface area contributed by atoms with Crippen LogP contribution in [0.1, 0.15) is 37.8 Å². The number of allylic oxidation sites excluding steroid dienone is 1. The highest BCUT2D eigenvalue weighted by Gasteiger charge is 2.14. The highest BCUT2D eigenvalue weighted by atomic mass is 16.4. The van der Waals surface area contributed by atoms with Crippen molar-refractivity contribution in [1.29, 1.82) is 0 Å². The Bertz CT molecular complexity index is 568. The molecule has 2 N–H and O–H groups in total. The SMILES string of the molecule is CCC(C(=O)O)=C(CC)c1ccccc1C=CC(=O)O. The van der Waals surface area contributed by atoms with Crippen molar-refractivity contribution in [3.8, 4) is 0 Å². The van der Waals surface area contributed by atoms with Crippen molar-refractivity contribution >= 4 is 23.6 Å². The summed E-state index contributed by atoms with van der Waals surface area (Å²) in [7, 11) is 0. The van der Waals surface area contributed by atoms with Crippen LogP contribution in [0.15, 0.2) is 35.9 Å². The first-order valence-corrected chi connectivity index (χ1v) is 6.46. The van der Waals surface area contributed by atoms with Crippen LogP contribution in [0.25, 0.3) is 11.6 Å². The minimum absolute atomic E-state index is 0.365. The standard InChI is InChI=1S/C16H18O4/c1-3-12(13(4-2)16(19)20)14-8-6-5-7-11(14)9-10-15(17)18/h5-10H,3-4H2,1-2H3,(H,17,18)(H,19,20). The molecule has 0 amide bonds. The molecule has 0 aliphatic carbocycles. The predicted molar refractivity (Wildman–Crippen MR) is 78.2 cm³/mol. The third kappa shape index (κ3) is 3.82. The fraction of sp³-hybridized carbons (Fsp3) is 0.250. The molecule has 0 bridgehead atoms. The van der Waals surface area contributed by atoms with E-state index < -0.39 is 11.9 Å². The minimum Gasteiger partial charge on any atom is -0.478 e. The summed E-state index contributed by atoms with van der Waals surface area (Å²) >= 11 is 0. The van der Waals surface area contributed by atoms with Crippen LogP contribution in [-0.2, 0) is 9.59 Å². The van der Waals surface area contributed by atoms with Gasteiger partial charge in [-0.25, -0.2) is 9.59 Å². The first kappa shape index (κ1) is 15.7. The van der Waals surface area contributed by atoms with Crippen LogP contribution in [0.3, 0.4) is 0 Å². The summed E-state index contributed by atoms with van der Waals surface area (Å²) in [5, 5.41) is 18.0. The van der Waals surface area contributed by atoms with Gasteiger partial charge in [0.1, 0.15) is 0 Å². The molecule has 106 valence electrons. The minimum atomic E-state index is -1.03. The Morgan fingerprint density at radius 3 is 2.25 bits per heavy atom. The van der Waals surface area contributed by atoms with Gasteiger partial charge in [-0.2, -0.15) is 0 Å². The van der Waals surface area contributed by atoms with E-state index in [4.69, 9.17) is 5.11 Å². The number of aliphatic carboxylic acids is 2. The van der Waals surface area contributed by atoms with Crippen molar-refractivity contribution < 1.29 is 19.8 Å². The molecular formula is C16H18O4. The largest absolute Gasteiger partial charge is 0.478 e. The zero-order valence-electron chi connectivity index (χ0n) is 11.6. The van der Waals surface area contributed by atoms with Crippen LogP contribution < -0.4 is 0 Å². The molecular weight excluding hydrogens is 256 g/mol. The van der Waals surface area contributed by atoms with Gasteiger partial charge in [0.15, 0.2) is 0 Å². The molecule has 0 unspecified atom stereocenters. The van der Waals surface area contributed by atoms with E-state index in [-0.39, 0.29) is 0 Å². The summed E-state index contributed by atoms with van der Waals surface area (Å²) in [6.45, 7) is 3.69. The Morgan fingerprint density at radius 1 is 1.10 bits per heavy atom. The van der Waals surface area contributed by atoms with E-state index in [9.17, 15) is 14.7 Å². The van der Waals surface area contributed by atoms with Gasteiger partial charge in [0.2, 0.25) is 0 Å². The fourth-order valence-corrected chi connectivity index (χ4v) is 2.14. The summed E-state index contributed by atoms with van der Waals surface area (Å²) < 4.78 is 0. The summed E-state index contributed by atoms with van der Waals surface area (Å²) in [5.41, 5.74) is 2.58. The molecule has 1 aromatic carbocycles. The van der Waals surface area contributed by atoms with Crippen LogP contribution in [0, 0.1) is 0 Å². The lowest BCUT2D eigenvalue weighted by Gasteiger charge is -2.12. The number of benzene rings is 1. The van der Waals surface area contributed by atoms with Crippen molar-refractivity contribution in [1.82, 2.24) is 0 Å². The topological polar surface area (TPSA) is 74.6 Å². The molecule has 0 radical (unpaired) electrons. The van der Waals surface area contributed by atoms with Gasteiger partial charge in [0.25, 0.3) is 0 Å². The van der Waals surface area contributed by atoms with Crippen LogP contribution >= 0.6 is 0 Å². The van der Waals surface area contributed by atoms with Gasteiger partial charge in [-0.1, -0.05) is 38.1 Å². The quantitative estimate of drug-likeness (QED) is 0.779. The molecule has 0 atom stereocenters. The van der Waals surface area contributed by atoms with Crippen LogP contribution in [0.4, 0.5) is 0 Å². The number of carbonyl (C=O) groups is 2. The maximum atomic E-state index is 11.3. The van der Waals surface area contributed by atoms with Crippen molar-refractivity contribution in [2.24, 2.45) is 0 Å². The smallest absolute Gasteiger partial charge is 0.331 e. The lowest BCUT2D eigenvalue weighted by atomic mass is 9.92. The molecule has 0 heterocycles. The average molecular weight is 274 g/mol. The van der Waals surface area contributed by atoms with E-state index in [0.717, 1.165) is 17.2 Å². The molecule has 0 fully saturated rings. The maximum absolute atomic E-state index is 11.3. The zero-order chi connectivity index (χ0) is 15.1. The molecule has 0 saturated carbocycles. The maximum Gasteiger partial charge on any atom is 0.331 e. The van der Waals surface area contributed by atoms with Crippen LogP contribution in [-0.4, -0.2) is 22.2 Å². The third-order valence-corrected chi connectivity index (χ3v) is 3.02. The fourth-order valence-electron chi connectivity index (χ4n) is 2.14. The van der Waals surface area contributed by atoms with Gasteiger partial charge in [-0.15, -0.1) is 0 Å². The second kappa shape index (κ2) is 7.28. The van der Waals surface area contributed by atoms with E-state index in [1.807, 2.05) is 19.1 Å². The number of hydrogen-bond acceptors (Lipinski definition) is 2. The number of rotatable bonds is 6.